The van der Waals surface area contributed by atoms with Crippen LogP contribution < -0.4 is 0 Å². The summed E-state index contributed by atoms with van der Waals surface area (Å²) in [5.74, 6) is -5.07. The number of hydrogen-bond acceptors (Lipinski definition) is 9. The van der Waals surface area contributed by atoms with Gasteiger partial charge in [-0.1, -0.05) is 115 Å². The standard InChI is InChI=1S/C41H51O9P/c1-28(2)49-51(47,50-29(3)4)37(42)36-38(43,25-32-16-10-7-11-17-32)39(44,26-33-18-12-8-13-19-33)40(45,27-34-20-14-9-15-21-34)41(46,48-36)35-23-22-30(5)24-31(35)6/h7-24,28-29,36-37,42-46H,25-27H2,1-6H3/t36-,37?,38-,39+,40+,41?/m1/s1. The second-order valence-electron chi connectivity index (χ2n) is 14.4. The lowest BCUT2D eigenvalue weighted by Gasteiger charge is -2.65. The van der Waals surface area contributed by atoms with E-state index >= 15 is 0 Å². The van der Waals surface area contributed by atoms with E-state index in [1.807, 2.05) is 6.92 Å². The Morgan fingerprint density at radius 2 is 1.10 bits per heavy atom. The van der Waals surface area contributed by atoms with Crippen molar-refractivity contribution in [1.29, 1.82) is 0 Å². The van der Waals surface area contributed by atoms with E-state index in [0.717, 1.165) is 5.56 Å². The molecule has 1 fully saturated rings. The first kappa shape index (κ1) is 39.0. The number of hydrogen-bond donors (Lipinski definition) is 5. The number of ether oxygens (including phenoxy) is 1. The van der Waals surface area contributed by atoms with Crippen LogP contribution in [0.15, 0.2) is 109 Å². The third kappa shape index (κ3) is 7.38. The quantitative estimate of drug-likeness (QED) is 0.103. The van der Waals surface area contributed by atoms with Gasteiger partial charge in [0.25, 0.3) is 0 Å². The molecule has 1 aliphatic rings. The Balaban J connectivity index is 1.89. The monoisotopic (exact) mass is 718 g/mol. The number of aliphatic hydroxyl groups excluding tert-OH is 1. The average Bonchev–Trinajstić information content (AvgIpc) is 3.06. The lowest BCUT2D eigenvalue weighted by atomic mass is 9.56. The maximum Gasteiger partial charge on any atom is 0.362 e. The van der Waals surface area contributed by atoms with Crippen LogP contribution in [0.1, 0.15) is 61.1 Å². The van der Waals surface area contributed by atoms with E-state index < -0.39 is 73.6 Å². The molecule has 0 spiro atoms. The minimum absolute atomic E-state index is 0.0846. The first-order chi connectivity index (χ1) is 24.0. The molecule has 1 saturated heterocycles. The first-order valence-corrected chi connectivity index (χ1v) is 19.0. The van der Waals surface area contributed by atoms with E-state index in [4.69, 9.17) is 13.8 Å². The Labute approximate surface area is 301 Å². The summed E-state index contributed by atoms with van der Waals surface area (Å²) in [6, 6.07) is 31.4. The predicted molar refractivity (Wildman–Crippen MR) is 196 cm³/mol. The highest BCUT2D eigenvalue weighted by molar-refractivity contribution is 7.54. The maximum atomic E-state index is 14.7. The molecule has 10 heteroatoms. The average molecular weight is 719 g/mol. The summed E-state index contributed by atoms with van der Waals surface area (Å²) in [5, 5.41) is 66.2. The molecular formula is C41H51O9P. The van der Waals surface area contributed by atoms with Gasteiger partial charge >= 0.3 is 7.60 Å². The molecule has 0 amide bonds. The SMILES string of the molecule is Cc1ccc(C2(O)O[C@H](C(O)P(=O)(OC(C)C)OC(C)C)[C@](O)(Cc3ccccc3)[C@@](O)(Cc3ccccc3)[C@@]2(O)Cc2ccccc2)c(C)c1. The van der Waals surface area contributed by atoms with Crippen molar-refractivity contribution in [1.82, 2.24) is 0 Å². The van der Waals surface area contributed by atoms with Crippen LogP contribution in [0.25, 0.3) is 0 Å². The summed E-state index contributed by atoms with van der Waals surface area (Å²) < 4.78 is 33.0. The number of benzene rings is 4. The van der Waals surface area contributed by atoms with Gasteiger partial charge in [0.2, 0.25) is 5.79 Å². The highest BCUT2D eigenvalue weighted by Crippen LogP contribution is 2.63. The van der Waals surface area contributed by atoms with Gasteiger partial charge in [-0.15, -0.1) is 0 Å². The molecule has 51 heavy (non-hydrogen) atoms. The number of rotatable bonds is 13. The summed E-state index contributed by atoms with van der Waals surface area (Å²) in [4.78, 5) is 0. The van der Waals surface area contributed by atoms with Crippen LogP contribution in [0.5, 0.6) is 0 Å². The Morgan fingerprint density at radius 3 is 1.53 bits per heavy atom. The highest BCUT2D eigenvalue weighted by atomic mass is 31.2. The van der Waals surface area contributed by atoms with Crippen molar-refractivity contribution in [2.45, 2.75) is 108 Å². The van der Waals surface area contributed by atoms with Crippen molar-refractivity contribution >= 4 is 7.60 Å². The lowest BCUT2D eigenvalue weighted by Crippen LogP contribution is -2.85. The van der Waals surface area contributed by atoms with Crippen LogP contribution in [-0.2, 0) is 43.4 Å². The van der Waals surface area contributed by atoms with Gasteiger partial charge in [0.15, 0.2) is 11.4 Å². The number of aryl methyl sites for hydroxylation is 2. The second-order valence-corrected chi connectivity index (χ2v) is 16.4. The molecule has 0 radical (unpaired) electrons. The van der Waals surface area contributed by atoms with Crippen LogP contribution >= 0.6 is 7.60 Å². The van der Waals surface area contributed by atoms with E-state index in [-0.39, 0.29) is 5.56 Å². The minimum Gasteiger partial charge on any atom is -0.384 e. The topological polar surface area (TPSA) is 146 Å². The Kier molecular flexibility index (Phi) is 11.5. The smallest absolute Gasteiger partial charge is 0.362 e. The molecule has 1 aliphatic heterocycles. The molecule has 1 heterocycles. The van der Waals surface area contributed by atoms with Gasteiger partial charge < -0.3 is 39.3 Å². The summed E-state index contributed by atoms with van der Waals surface area (Å²) in [6.07, 6.45) is -4.68. The van der Waals surface area contributed by atoms with Crippen LogP contribution in [0, 0.1) is 13.8 Å². The van der Waals surface area contributed by atoms with Gasteiger partial charge in [0, 0.05) is 24.8 Å². The van der Waals surface area contributed by atoms with Gasteiger partial charge in [-0.2, -0.15) is 0 Å². The molecule has 0 bridgehead atoms. The molecule has 6 atom stereocenters. The van der Waals surface area contributed by atoms with Crippen LogP contribution in [0.3, 0.4) is 0 Å². The molecule has 0 aliphatic carbocycles. The van der Waals surface area contributed by atoms with Crippen molar-refractivity contribution in [3.63, 3.8) is 0 Å². The first-order valence-electron chi connectivity index (χ1n) is 17.4. The molecule has 0 saturated carbocycles. The van der Waals surface area contributed by atoms with Gasteiger partial charge in [-0.05, 0) is 63.8 Å². The Hall–Kier alpha value is -3.21. The van der Waals surface area contributed by atoms with E-state index in [1.165, 1.54) is 0 Å². The van der Waals surface area contributed by atoms with E-state index in [9.17, 15) is 30.1 Å². The minimum atomic E-state index is -4.62. The van der Waals surface area contributed by atoms with Crippen molar-refractivity contribution in [2.75, 3.05) is 0 Å². The fourth-order valence-electron chi connectivity index (χ4n) is 7.44. The fraction of sp³-hybridized carbons (Fsp3) is 0.415. The zero-order valence-corrected chi connectivity index (χ0v) is 31.0. The maximum absolute atomic E-state index is 14.7. The van der Waals surface area contributed by atoms with Gasteiger partial charge in [-0.25, -0.2) is 0 Å². The van der Waals surface area contributed by atoms with Crippen molar-refractivity contribution < 1.29 is 43.9 Å². The summed E-state index contributed by atoms with van der Waals surface area (Å²) >= 11 is 0. The van der Waals surface area contributed by atoms with E-state index in [1.54, 1.807) is 144 Å². The fourth-order valence-corrected chi connectivity index (χ4v) is 9.56. The zero-order valence-electron chi connectivity index (χ0n) is 30.1. The van der Waals surface area contributed by atoms with Crippen molar-refractivity contribution in [2.24, 2.45) is 0 Å². The molecule has 5 rings (SSSR count). The molecule has 2 unspecified atom stereocenters. The predicted octanol–water partition coefficient (Wildman–Crippen LogP) is 6.13. The molecular weight excluding hydrogens is 667 g/mol. The van der Waals surface area contributed by atoms with E-state index in [2.05, 4.69) is 0 Å². The molecule has 0 aromatic heterocycles. The number of aliphatic hydroxyl groups is 5. The summed E-state index contributed by atoms with van der Waals surface area (Å²) in [5.41, 5.74) is -5.12. The normalized spacial score (nSPS) is 27.5. The van der Waals surface area contributed by atoms with Gasteiger partial charge in [-0.3, -0.25) is 4.57 Å². The Morgan fingerprint density at radius 1 is 0.667 bits per heavy atom. The molecule has 4 aromatic carbocycles. The van der Waals surface area contributed by atoms with Crippen molar-refractivity contribution in [3.05, 3.63) is 143 Å². The van der Waals surface area contributed by atoms with Crippen LogP contribution in [-0.4, -0.2) is 66.5 Å². The van der Waals surface area contributed by atoms with Gasteiger partial charge in [0.1, 0.15) is 17.3 Å². The zero-order chi connectivity index (χ0) is 37.2. The largest absolute Gasteiger partial charge is 0.384 e. The third-order valence-electron chi connectivity index (χ3n) is 9.71. The Bertz CT molecular complexity index is 1790. The molecule has 9 nitrogen and oxygen atoms in total. The lowest BCUT2D eigenvalue weighted by molar-refractivity contribution is -0.450. The van der Waals surface area contributed by atoms with E-state index in [0.29, 0.717) is 22.3 Å². The molecule has 274 valence electrons. The van der Waals surface area contributed by atoms with Gasteiger partial charge in [0.05, 0.1) is 12.2 Å². The van der Waals surface area contributed by atoms with Crippen LogP contribution in [0.2, 0.25) is 0 Å². The molecule has 4 aromatic rings. The van der Waals surface area contributed by atoms with Crippen molar-refractivity contribution in [3.8, 4) is 0 Å². The molecule has 5 N–H and O–H groups in total. The second kappa shape index (κ2) is 15.0. The summed E-state index contributed by atoms with van der Waals surface area (Å²) in [7, 11) is -4.62. The van der Waals surface area contributed by atoms with Crippen LogP contribution in [0.4, 0.5) is 0 Å². The summed E-state index contributed by atoms with van der Waals surface area (Å²) in [6.45, 7) is 10.1. The highest BCUT2D eigenvalue weighted by Gasteiger charge is 2.78. The third-order valence-corrected chi connectivity index (χ3v) is 12.1.